The van der Waals surface area contributed by atoms with E-state index < -0.39 is 47.1 Å². The Balaban J connectivity index is 1.85. The molecule has 4 N–H and O–H groups in total. The van der Waals surface area contributed by atoms with E-state index in [0.717, 1.165) is 6.07 Å². The number of para-hydroxylation sites is 2. The van der Waals surface area contributed by atoms with Crippen LogP contribution in [0.25, 0.3) is 0 Å². The molecule has 3 rings (SSSR count). The molecule has 0 aromatic heterocycles. The number of carbonyl (C=O) groups is 2. The van der Waals surface area contributed by atoms with Gasteiger partial charge in [-0.25, -0.2) is 0 Å². The number of rotatable bonds is 5. The number of benzene rings is 3. The highest BCUT2D eigenvalue weighted by atomic mass is 19.4. The predicted octanol–water partition coefficient (Wildman–Crippen LogP) is 5.81. The molecular weight excluding hydrogens is 482 g/mol. The molecule has 0 saturated carbocycles. The third kappa shape index (κ3) is 6.02. The molecule has 0 heterocycles. The number of anilines is 2. The maximum Gasteiger partial charge on any atom is 0.404 e. The van der Waals surface area contributed by atoms with Crippen molar-refractivity contribution in [3.05, 3.63) is 83.4 Å². The van der Waals surface area contributed by atoms with E-state index in [4.69, 9.17) is 0 Å². The van der Waals surface area contributed by atoms with E-state index in [9.17, 15) is 46.1 Å². The number of phenols is 2. The summed E-state index contributed by atoms with van der Waals surface area (Å²) in [4.78, 5) is 25.0. The number of phenolic OH excluding ortho intramolecular Hbond substituents is 2. The van der Waals surface area contributed by atoms with Crippen LogP contribution in [0.2, 0.25) is 0 Å². The summed E-state index contributed by atoms with van der Waals surface area (Å²) < 4.78 is 78.2. The van der Waals surface area contributed by atoms with Gasteiger partial charge in [0, 0.05) is 11.1 Å². The van der Waals surface area contributed by atoms with E-state index in [2.05, 4.69) is 10.6 Å². The number of hydrogen-bond donors (Lipinski definition) is 4. The fourth-order valence-corrected chi connectivity index (χ4v) is 3.17. The van der Waals surface area contributed by atoms with E-state index in [0.29, 0.717) is 18.2 Å². The van der Waals surface area contributed by atoms with Crippen molar-refractivity contribution in [1.29, 1.82) is 0 Å². The monoisotopic (exact) mass is 498 g/mol. The number of aromatic hydroxyl groups is 2. The van der Waals surface area contributed by atoms with Crippen molar-refractivity contribution in [1.82, 2.24) is 0 Å². The average molecular weight is 498 g/mol. The van der Waals surface area contributed by atoms with Gasteiger partial charge in [0.25, 0.3) is 11.8 Å². The highest BCUT2D eigenvalue weighted by Gasteiger charge is 2.57. The predicted molar refractivity (Wildman–Crippen MR) is 113 cm³/mol. The van der Waals surface area contributed by atoms with Crippen molar-refractivity contribution in [2.75, 3.05) is 10.6 Å². The highest BCUT2D eigenvalue weighted by molar-refractivity contribution is 6.09. The molecule has 0 aliphatic carbocycles. The Morgan fingerprint density at radius 2 is 1.17 bits per heavy atom. The minimum Gasteiger partial charge on any atom is -0.506 e. The molecule has 3 aromatic carbocycles. The van der Waals surface area contributed by atoms with Crippen molar-refractivity contribution in [2.45, 2.75) is 18.3 Å². The summed E-state index contributed by atoms with van der Waals surface area (Å²) in [5.74, 6) is -6.51. The number of nitrogens with one attached hydrogen (secondary N) is 2. The molecule has 0 radical (unpaired) electrons. The zero-order chi connectivity index (χ0) is 26.0. The normalized spacial score (nSPS) is 11.9. The van der Waals surface area contributed by atoms with Crippen molar-refractivity contribution >= 4 is 23.2 Å². The molecule has 12 heteroatoms. The van der Waals surface area contributed by atoms with Crippen LogP contribution in [0.4, 0.5) is 37.7 Å². The molecular formula is C23H16F6N2O4. The van der Waals surface area contributed by atoms with Crippen LogP contribution in [-0.4, -0.2) is 34.4 Å². The van der Waals surface area contributed by atoms with Gasteiger partial charge in [-0.1, -0.05) is 24.3 Å². The van der Waals surface area contributed by atoms with E-state index in [1.54, 1.807) is 6.07 Å². The molecule has 0 unspecified atom stereocenters. The molecule has 35 heavy (non-hydrogen) atoms. The Morgan fingerprint density at radius 3 is 1.71 bits per heavy atom. The maximum absolute atomic E-state index is 13.0. The number of hydrogen-bond acceptors (Lipinski definition) is 4. The molecule has 0 aliphatic heterocycles. The first-order valence-electron chi connectivity index (χ1n) is 9.74. The molecule has 6 nitrogen and oxygen atoms in total. The summed E-state index contributed by atoms with van der Waals surface area (Å²) in [6.07, 6.45) is -11.3. The summed E-state index contributed by atoms with van der Waals surface area (Å²) >= 11 is 0. The van der Waals surface area contributed by atoms with Gasteiger partial charge in [0.2, 0.25) is 0 Å². The van der Waals surface area contributed by atoms with Gasteiger partial charge in [-0.3, -0.25) is 9.59 Å². The smallest absolute Gasteiger partial charge is 0.404 e. The second-order valence-electron chi connectivity index (χ2n) is 7.30. The van der Waals surface area contributed by atoms with E-state index >= 15 is 0 Å². The van der Waals surface area contributed by atoms with Crippen LogP contribution in [0, 0.1) is 0 Å². The van der Waals surface area contributed by atoms with Crippen LogP contribution >= 0.6 is 0 Å². The standard InChI is InChI=1S/C23H16F6N2O4/c24-22(25,26)19(23(27,28)29)12-8-9-18(33)16(11-12)31-21(35)14-5-3-4-13(10-14)20(34)30-15-6-1-2-7-17(15)32/h1-11,19,32-33H,(H,30,34)(H,31,35). The van der Waals surface area contributed by atoms with Gasteiger partial charge in [0.05, 0.1) is 11.4 Å². The van der Waals surface area contributed by atoms with Gasteiger partial charge in [-0.2, -0.15) is 26.3 Å². The van der Waals surface area contributed by atoms with Gasteiger partial charge in [-0.05, 0) is 48.0 Å². The molecule has 2 amide bonds. The lowest BCUT2D eigenvalue weighted by molar-refractivity contribution is -0.253. The Hall–Kier alpha value is -4.22. The van der Waals surface area contributed by atoms with Crippen LogP contribution in [0.3, 0.4) is 0 Å². The fraction of sp³-hybridized carbons (Fsp3) is 0.130. The quantitative estimate of drug-likeness (QED) is 0.264. The van der Waals surface area contributed by atoms with Gasteiger partial charge in [0.1, 0.15) is 11.5 Å². The van der Waals surface area contributed by atoms with Gasteiger partial charge < -0.3 is 20.8 Å². The summed E-state index contributed by atoms with van der Waals surface area (Å²) in [5.41, 5.74) is -2.03. The Kier molecular flexibility index (Phi) is 6.94. The molecule has 3 aromatic rings. The lowest BCUT2D eigenvalue weighted by atomic mass is 9.97. The van der Waals surface area contributed by atoms with Gasteiger partial charge in [0.15, 0.2) is 5.92 Å². The van der Waals surface area contributed by atoms with Crippen LogP contribution < -0.4 is 10.6 Å². The Bertz CT molecular complexity index is 1240. The van der Waals surface area contributed by atoms with Gasteiger partial charge in [-0.15, -0.1) is 0 Å². The van der Waals surface area contributed by atoms with Crippen LogP contribution in [0.15, 0.2) is 66.7 Å². The van der Waals surface area contributed by atoms with Crippen molar-refractivity contribution in [3.63, 3.8) is 0 Å². The fourth-order valence-electron chi connectivity index (χ4n) is 3.17. The van der Waals surface area contributed by atoms with E-state index in [-0.39, 0.29) is 22.6 Å². The first-order chi connectivity index (χ1) is 16.3. The molecule has 0 bridgehead atoms. The summed E-state index contributed by atoms with van der Waals surface area (Å²) in [7, 11) is 0. The zero-order valence-corrected chi connectivity index (χ0v) is 17.4. The van der Waals surface area contributed by atoms with Crippen LogP contribution in [0.1, 0.15) is 32.2 Å². The zero-order valence-electron chi connectivity index (χ0n) is 17.4. The Morgan fingerprint density at radius 1 is 0.657 bits per heavy atom. The number of alkyl halides is 6. The van der Waals surface area contributed by atoms with Crippen molar-refractivity contribution in [3.8, 4) is 11.5 Å². The maximum atomic E-state index is 13.0. The van der Waals surface area contributed by atoms with E-state index in [1.807, 2.05) is 0 Å². The summed E-state index contributed by atoms with van der Waals surface area (Å²) in [6, 6.07) is 12.3. The first kappa shape index (κ1) is 25.4. The lowest BCUT2D eigenvalue weighted by Crippen LogP contribution is -2.34. The number of halogens is 6. The molecule has 0 aliphatic rings. The highest BCUT2D eigenvalue weighted by Crippen LogP contribution is 2.47. The van der Waals surface area contributed by atoms with E-state index in [1.165, 1.54) is 36.4 Å². The Labute approximate surface area is 193 Å². The third-order valence-electron chi connectivity index (χ3n) is 4.80. The van der Waals surface area contributed by atoms with Crippen LogP contribution in [0.5, 0.6) is 11.5 Å². The van der Waals surface area contributed by atoms with Crippen LogP contribution in [-0.2, 0) is 0 Å². The summed E-state index contributed by atoms with van der Waals surface area (Å²) in [6.45, 7) is 0. The van der Waals surface area contributed by atoms with Crippen molar-refractivity contribution in [2.24, 2.45) is 0 Å². The topological polar surface area (TPSA) is 98.7 Å². The molecule has 184 valence electrons. The molecule has 0 fully saturated rings. The SMILES string of the molecule is O=C(Nc1ccccc1O)c1cccc(C(=O)Nc2cc(C(C(F)(F)F)C(F)(F)F)ccc2O)c1. The second-order valence-corrected chi connectivity index (χ2v) is 7.30. The third-order valence-corrected chi connectivity index (χ3v) is 4.80. The number of carbonyl (C=O) groups excluding carboxylic acids is 2. The lowest BCUT2D eigenvalue weighted by Gasteiger charge is -2.24. The minimum atomic E-state index is -5.66. The average Bonchev–Trinajstić information content (AvgIpc) is 2.75. The van der Waals surface area contributed by atoms with Gasteiger partial charge >= 0.3 is 12.4 Å². The minimum absolute atomic E-state index is 0.0342. The molecule has 0 saturated heterocycles. The van der Waals surface area contributed by atoms with Crippen molar-refractivity contribution < 1.29 is 46.1 Å². The second kappa shape index (κ2) is 9.57. The molecule has 0 spiro atoms. The largest absolute Gasteiger partial charge is 0.506 e. The summed E-state index contributed by atoms with van der Waals surface area (Å²) in [5, 5.41) is 24.1. The number of amides is 2. The molecule has 0 atom stereocenters. The first-order valence-corrected chi connectivity index (χ1v) is 9.74.